The predicted octanol–water partition coefficient (Wildman–Crippen LogP) is 4.28. The van der Waals surface area contributed by atoms with Gasteiger partial charge in [0, 0.05) is 44.5 Å². The molecule has 0 aliphatic carbocycles. The largest absolute Gasteiger partial charge is 0.395 e. The summed E-state index contributed by atoms with van der Waals surface area (Å²) in [5.41, 5.74) is 1.95. The molecule has 0 spiro atoms. The second-order valence-electron chi connectivity index (χ2n) is 9.41. The highest BCUT2D eigenvalue weighted by Gasteiger charge is 2.21. The topological polar surface area (TPSA) is 119 Å². The Hall–Kier alpha value is -4.26. The molecule has 3 heterocycles. The van der Waals surface area contributed by atoms with Crippen molar-refractivity contribution in [1.82, 2.24) is 24.8 Å². The van der Waals surface area contributed by atoms with Crippen LogP contribution < -0.4 is 15.5 Å². The van der Waals surface area contributed by atoms with Gasteiger partial charge in [-0.1, -0.05) is 23.7 Å². The third kappa shape index (κ3) is 6.73. The first-order chi connectivity index (χ1) is 19.8. The van der Waals surface area contributed by atoms with Crippen molar-refractivity contribution in [2.24, 2.45) is 0 Å². The van der Waals surface area contributed by atoms with Crippen LogP contribution in [0.15, 0.2) is 54.7 Å². The van der Waals surface area contributed by atoms with Crippen LogP contribution in [0, 0.1) is 18.6 Å². The molecule has 1 aliphatic rings. The lowest BCUT2D eigenvalue weighted by atomic mass is 10.2. The molecule has 4 aromatic rings. The smallest absolute Gasteiger partial charge is 0.257 e. The Morgan fingerprint density at radius 1 is 1.02 bits per heavy atom. The number of anilines is 4. The Labute approximate surface area is 240 Å². The number of nitrogens with zero attached hydrogens (tertiary/aromatic N) is 6. The fraction of sp³-hybridized carbons (Fsp3) is 0.250. The Kier molecular flexibility index (Phi) is 8.62. The molecular formula is C28H27ClF2N8O2. The molecule has 0 atom stereocenters. The molecule has 0 radical (unpaired) electrons. The molecule has 1 amide bonds. The summed E-state index contributed by atoms with van der Waals surface area (Å²) < 4.78 is 27.6. The summed E-state index contributed by atoms with van der Waals surface area (Å²) in [4.78, 5) is 34.7. The maximum absolute atomic E-state index is 14.0. The fourth-order valence-electron chi connectivity index (χ4n) is 4.33. The number of para-hydroxylation sites is 1. The summed E-state index contributed by atoms with van der Waals surface area (Å²) in [5.74, 6) is -1.35. The van der Waals surface area contributed by atoms with Gasteiger partial charge < -0.3 is 20.6 Å². The summed E-state index contributed by atoms with van der Waals surface area (Å²) in [5, 5.41) is 15.5. The summed E-state index contributed by atoms with van der Waals surface area (Å²) in [6.45, 7) is 5.12. The molecule has 1 fully saturated rings. The highest BCUT2D eigenvalue weighted by Crippen LogP contribution is 2.26. The van der Waals surface area contributed by atoms with Crippen LogP contribution in [0.5, 0.6) is 0 Å². The zero-order chi connectivity index (χ0) is 28.9. The number of halogens is 3. The molecule has 13 heteroatoms. The number of aliphatic hydroxyl groups is 1. The van der Waals surface area contributed by atoms with Crippen molar-refractivity contribution in [3.05, 3.63) is 82.5 Å². The van der Waals surface area contributed by atoms with E-state index >= 15 is 0 Å². The second kappa shape index (κ2) is 12.5. The Morgan fingerprint density at radius 3 is 2.51 bits per heavy atom. The number of aliphatic hydroxyl groups excluding tert-OH is 1. The molecule has 0 bridgehead atoms. The first kappa shape index (κ1) is 28.3. The summed E-state index contributed by atoms with van der Waals surface area (Å²) >= 11 is 6.23. The van der Waals surface area contributed by atoms with Gasteiger partial charge in [-0.05, 0) is 48.9 Å². The van der Waals surface area contributed by atoms with E-state index < -0.39 is 11.6 Å². The van der Waals surface area contributed by atoms with Gasteiger partial charge >= 0.3 is 0 Å². The van der Waals surface area contributed by atoms with E-state index in [1.165, 1.54) is 12.3 Å². The van der Waals surface area contributed by atoms with Crippen LogP contribution in [0.25, 0.3) is 11.4 Å². The molecule has 1 saturated heterocycles. The number of aryl methyl sites for hydroxylation is 1. The SMILES string of the molecule is Cc1cccc(Cl)c1NC(=O)c1ccc(Nc2nc(-c3ccc(F)c(F)c3)nc(N3CCN(CCO)CC3)n2)nc1. The number of aromatic nitrogens is 4. The minimum Gasteiger partial charge on any atom is -0.395 e. The van der Waals surface area contributed by atoms with Gasteiger partial charge in [0.1, 0.15) is 5.82 Å². The standard InChI is InChI=1S/C28H27ClF2N8O2/c1-17-3-2-4-20(29)24(17)34-26(41)19-6-8-23(32-16-19)33-27-35-25(18-5-7-21(30)22(31)15-18)36-28(37-27)39-11-9-38(10-12-39)13-14-40/h2-8,15-16,40H,9-14H2,1H3,(H,34,41)(H,32,33,35,36,37). The number of amides is 1. The fourth-order valence-corrected chi connectivity index (χ4v) is 4.60. The Bertz CT molecular complexity index is 1530. The lowest BCUT2D eigenvalue weighted by Crippen LogP contribution is -2.47. The number of carbonyl (C=O) groups excluding carboxylic acids is 1. The van der Waals surface area contributed by atoms with E-state index in [0.717, 1.165) is 17.7 Å². The molecule has 41 heavy (non-hydrogen) atoms. The first-order valence-corrected chi connectivity index (χ1v) is 13.3. The number of rotatable bonds is 8. The normalized spacial score (nSPS) is 13.7. The van der Waals surface area contributed by atoms with Crippen molar-refractivity contribution in [3.63, 3.8) is 0 Å². The molecule has 212 valence electrons. The highest BCUT2D eigenvalue weighted by molar-refractivity contribution is 6.34. The average Bonchev–Trinajstić information content (AvgIpc) is 2.97. The molecule has 1 aliphatic heterocycles. The molecule has 5 rings (SSSR count). The average molecular weight is 581 g/mol. The Balaban J connectivity index is 1.38. The number of piperazine rings is 1. The van der Waals surface area contributed by atoms with Crippen LogP contribution in [0.2, 0.25) is 5.02 Å². The highest BCUT2D eigenvalue weighted by atomic mass is 35.5. The first-order valence-electron chi connectivity index (χ1n) is 12.9. The number of β-amino-alcohol motifs (C(OH)–C–C–N with tert-alkyl or cyclic N) is 1. The van der Waals surface area contributed by atoms with Gasteiger partial charge in [0.25, 0.3) is 5.91 Å². The van der Waals surface area contributed by atoms with Crippen LogP contribution in [0.4, 0.5) is 32.2 Å². The van der Waals surface area contributed by atoms with Crippen molar-refractivity contribution >= 4 is 40.9 Å². The van der Waals surface area contributed by atoms with E-state index in [-0.39, 0.29) is 29.9 Å². The molecule has 2 aromatic carbocycles. The zero-order valence-corrected chi connectivity index (χ0v) is 22.9. The lowest BCUT2D eigenvalue weighted by Gasteiger charge is -2.34. The summed E-state index contributed by atoms with van der Waals surface area (Å²) in [6, 6.07) is 12.0. The van der Waals surface area contributed by atoms with Crippen molar-refractivity contribution in [1.29, 1.82) is 0 Å². The summed E-state index contributed by atoms with van der Waals surface area (Å²) in [7, 11) is 0. The third-order valence-corrected chi connectivity index (χ3v) is 6.91. The van der Waals surface area contributed by atoms with E-state index in [0.29, 0.717) is 60.8 Å². The van der Waals surface area contributed by atoms with Crippen molar-refractivity contribution in [3.8, 4) is 11.4 Å². The van der Waals surface area contributed by atoms with E-state index in [9.17, 15) is 18.7 Å². The molecule has 0 saturated carbocycles. The van der Waals surface area contributed by atoms with Gasteiger partial charge in [0.15, 0.2) is 17.5 Å². The van der Waals surface area contributed by atoms with Gasteiger partial charge in [-0.2, -0.15) is 15.0 Å². The van der Waals surface area contributed by atoms with Gasteiger partial charge in [-0.3, -0.25) is 9.69 Å². The third-order valence-electron chi connectivity index (χ3n) is 6.60. The molecular weight excluding hydrogens is 554 g/mol. The van der Waals surface area contributed by atoms with Crippen LogP contribution in [0.1, 0.15) is 15.9 Å². The van der Waals surface area contributed by atoms with Gasteiger partial charge in [-0.15, -0.1) is 0 Å². The van der Waals surface area contributed by atoms with Crippen molar-refractivity contribution in [2.45, 2.75) is 6.92 Å². The number of pyridine rings is 1. The summed E-state index contributed by atoms with van der Waals surface area (Å²) in [6.07, 6.45) is 1.41. The van der Waals surface area contributed by atoms with E-state index in [2.05, 4.69) is 35.5 Å². The maximum Gasteiger partial charge on any atom is 0.257 e. The van der Waals surface area contributed by atoms with Crippen LogP contribution >= 0.6 is 11.6 Å². The van der Waals surface area contributed by atoms with Crippen LogP contribution in [0.3, 0.4) is 0 Å². The maximum atomic E-state index is 14.0. The molecule has 2 aromatic heterocycles. The number of benzene rings is 2. The molecule has 10 nitrogen and oxygen atoms in total. The minimum absolute atomic E-state index is 0.0766. The molecule has 3 N–H and O–H groups in total. The number of hydrogen-bond donors (Lipinski definition) is 3. The van der Waals surface area contributed by atoms with Gasteiger partial charge in [-0.25, -0.2) is 13.8 Å². The van der Waals surface area contributed by atoms with E-state index in [4.69, 9.17) is 11.6 Å². The van der Waals surface area contributed by atoms with E-state index in [1.807, 2.05) is 17.9 Å². The zero-order valence-electron chi connectivity index (χ0n) is 22.1. The number of nitrogens with one attached hydrogen (secondary N) is 2. The predicted molar refractivity (Wildman–Crippen MR) is 153 cm³/mol. The number of carbonyl (C=O) groups is 1. The van der Waals surface area contributed by atoms with Crippen LogP contribution in [-0.4, -0.2) is 75.2 Å². The Morgan fingerprint density at radius 2 is 1.83 bits per heavy atom. The number of hydrogen-bond acceptors (Lipinski definition) is 9. The quantitative estimate of drug-likeness (QED) is 0.280. The van der Waals surface area contributed by atoms with E-state index in [1.54, 1.807) is 24.3 Å². The molecule has 0 unspecified atom stereocenters. The second-order valence-corrected chi connectivity index (χ2v) is 9.81. The lowest BCUT2D eigenvalue weighted by molar-refractivity contribution is 0.102. The minimum atomic E-state index is -1.01. The van der Waals surface area contributed by atoms with Gasteiger partial charge in [0.2, 0.25) is 11.9 Å². The monoisotopic (exact) mass is 580 g/mol. The van der Waals surface area contributed by atoms with Crippen molar-refractivity contribution < 1.29 is 18.7 Å². The van der Waals surface area contributed by atoms with Crippen molar-refractivity contribution in [2.75, 3.05) is 54.9 Å². The van der Waals surface area contributed by atoms with Gasteiger partial charge in [0.05, 0.1) is 22.9 Å². The van der Waals surface area contributed by atoms with Crippen LogP contribution in [-0.2, 0) is 0 Å².